The molecule has 1 N–H and O–H groups in total. The quantitative estimate of drug-likeness (QED) is 0.905. The standard InChI is InChI=1S/C10H12BrNO2/c1-3-12(2)9-5-4-7(11)6-8(9)10(13)14/h4-6H,3H2,1-2H3,(H,13,14). The first kappa shape index (κ1) is 11.0. The van der Waals surface area contributed by atoms with Crippen LogP contribution in [0, 0.1) is 0 Å². The summed E-state index contributed by atoms with van der Waals surface area (Å²) in [5.74, 6) is -0.901. The van der Waals surface area contributed by atoms with Crippen LogP contribution in [-0.4, -0.2) is 24.7 Å². The number of carboxylic acid groups (broad SMARTS) is 1. The normalized spacial score (nSPS) is 9.93. The monoisotopic (exact) mass is 257 g/mol. The van der Waals surface area contributed by atoms with Crippen LogP contribution in [0.5, 0.6) is 0 Å². The molecule has 76 valence electrons. The Morgan fingerprint density at radius 2 is 2.21 bits per heavy atom. The Hall–Kier alpha value is -1.03. The second kappa shape index (κ2) is 4.46. The van der Waals surface area contributed by atoms with E-state index < -0.39 is 5.97 Å². The van der Waals surface area contributed by atoms with Crippen LogP contribution in [0.15, 0.2) is 22.7 Å². The van der Waals surface area contributed by atoms with E-state index in [1.807, 2.05) is 24.9 Å². The van der Waals surface area contributed by atoms with Crippen molar-refractivity contribution in [3.63, 3.8) is 0 Å². The van der Waals surface area contributed by atoms with Crippen LogP contribution < -0.4 is 4.90 Å². The van der Waals surface area contributed by atoms with Gasteiger partial charge < -0.3 is 10.0 Å². The van der Waals surface area contributed by atoms with E-state index in [1.54, 1.807) is 12.1 Å². The Kier molecular flexibility index (Phi) is 3.52. The summed E-state index contributed by atoms with van der Waals surface area (Å²) >= 11 is 3.25. The van der Waals surface area contributed by atoms with Gasteiger partial charge in [0.1, 0.15) is 0 Å². The van der Waals surface area contributed by atoms with Gasteiger partial charge in [0, 0.05) is 18.1 Å². The van der Waals surface area contributed by atoms with Crippen LogP contribution in [-0.2, 0) is 0 Å². The number of hydrogen-bond acceptors (Lipinski definition) is 2. The number of anilines is 1. The molecule has 0 saturated heterocycles. The van der Waals surface area contributed by atoms with E-state index in [0.717, 1.165) is 16.7 Å². The maximum absolute atomic E-state index is 10.9. The highest BCUT2D eigenvalue weighted by Gasteiger charge is 2.12. The fourth-order valence-electron chi connectivity index (χ4n) is 1.18. The zero-order chi connectivity index (χ0) is 10.7. The predicted molar refractivity (Wildman–Crippen MR) is 60.0 cm³/mol. The Morgan fingerprint density at radius 3 is 2.71 bits per heavy atom. The number of hydrogen-bond donors (Lipinski definition) is 1. The SMILES string of the molecule is CCN(C)c1ccc(Br)cc1C(=O)O. The van der Waals surface area contributed by atoms with E-state index in [0.29, 0.717) is 5.56 Å². The summed E-state index contributed by atoms with van der Waals surface area (Å²) in [5.41, 5.74) is 1.06. The summed E-state index contributed by atoms with van der Waals surface area (Å²) in [5, 5.41) is 8.99. The number of nitrogens with zero attached hydrogens (tertiary/aromatic N) is 1. The van der Waals surface area contributed by atoms with E-state index >= 15 is 0 Å². The molecule has 0 amide bonds. The number of rotatable bonds is 3. The lowest BCUT2D eigenvalue weighted by Gasteiger charge is -2.19. The molecule has 0 aliphatic rings. The highest BCUT2D eigenvalue weighted by atomic mass is 79.9. The highest BCUT2D eigenvalue weighted by Crippen LogP contribution is 2.23. The van der Waals surface area contributed by atoms with Gasteiger partial charge in [-0.05, 0) is 25.1 Å². The Bertz CT molecular complexity index is 352. The molecule has 0 fully saturated rings. The van der Waals surface area contributed by atoms with Gasteiger partial charge in [0.25, 0.3) is 0 Å². The molecular formula is C10H12BrNO2. The summed E-state index contributed by atoms with van der Waals surface area (Å²) in [7, 11) is 1.87. The van der Waals surface area contributed by atoms with E-state index in [-0.39, 0.29) is 0 Å². The molecule has 0 atom stereocenters. The molecule has 0 bridgehead atoms. The minimum atomic E-state index is -0.901. The molecule has 0 aliphatic heterocycles. The van der Waals surface area contributed by atoms with E-state index in [9.17, 15) is 4.79 Å². The van der Waals surface area contributed by atoms with Crippen LogP contribution in [0.25, 0.3) is 0 Å². The second-order valence-electron chi connectivity index (χ2n) is 2.98. The summed E-state index contributed by atoms with van der Waals surface area (Å²) < 4.78 is 0.781. The minimum Gasteiger partial charge on any atom is -0.478 e. The third-order valence-electron chi connectivity index (χ3n) is 2.07. The van der Waals surface area contributed by atoms with Crippen LogP contribution in [0.3, 0.4) is 0 Å². The van der Waals surface area contributed by atoms with Gasteiger partial charge in [-0.15, -0.1) is 0 Å². The van der Waals surface area contributed by atoms with Crippen molar-refractivity contribution in [2.45, 2.75) is 6.92 Å². The van der Waals surface area contributed by atoms with Gasteiger partial charge in [0.05, 0.1) is 11.3 Å². The number of carboxylic acids is 1. The summed E-state index contributed by atoms with van der Waals surface area (Å²) in [4.78, 5) is 12.8. The van der Waals surface area contributed by atoms with Gasteiger partial charge in [-0.25, -0.2) is 4.79 Å². The van der Waals surface area contributed by atoms with Gasteiger partial charge in [0.15, 0.2) is 0 Å². The fourth-order valence-corrected chi connectivity index (χ4v) is 1.54. The van der Waals surface area contributed by atoms with Crippen LogP contribution in [0.4, 0.5) is 5.69 Å². The molecule has 0 aliphatic carbocycles. The molecule has 0 aromatic heterocycles. The maximum atomic E-state index is 10.9. The van der Waals surface area contributed by atoms with Crippen molar-refractivity contribution >= 4 is 27.6 Å². The van der Waals surface area contributed by atoms with Crippen molar-refractivity contribution in [1.29, 1.82) is 0 Å². The Balaban J connectivity index is 3.21. The molecular weight excluding hydrogens is 246 g/mol. The third kappa shape index (κ3) is 2.26. The fraction of sp³-hybridized carbons (Fsp3) is 0.300. The van der Waals surface area contributed by atoms with E-state index in [1.165, 1.54) is 0 Å². The van der Waals surface area contributed by atoms with Crippen molar-refractivity contribution in [2.24, 2.45) is 0 Å². The molecule has 0 radical (unpaired) electrons. The van der Waals surface area contributed by atoms with E-state index in [4.69, 9.17) is 5.11 Å². The van der Waals surface area contributed by atoms with Gasteiger partial charge in [-0.2, -0.15) is 0 Å². The molecule has 0 spiro atoms. The zero-order valence-corrected chi connectivity index (χ0v) is 9.71. The highest BCUT2D eigenvalue weighted by molar-refractivity contribution is 9.10. The van der Waals surface area contributed by atoms with Crippen molar-refractivity contribution in [2.75, 3.05) is 18.5 Å². The smallest absolute Gasteiger partial charge is 0.337 e. The second-order valence-corrected chi connectivity index (χ2v) is 3.90. The number of aromatic carboxylic acids is 1. The average molecular weight is 258 g/mol. The first-order valence-electron chi connectivity index (χ1n) is 4.30. The summed E-state index contributed by atoms with van der Waals surface area (Å²) in [6, 6.07) is 5.26. The molecule has 14 heavy (non-hydrogen) atoms. The van der Waals surface area contributed by atoms with Crippen molar-refractivity contribution in [3.05, 3.63) is 28.2 Å². The number of carbonyl (C=O) groups is 1. The third-order valence-corrected chi connectivity index (χ3v) is 2.57. The van der Waals surface area contributed by atoms with Crippen molar-refractivity contribution in [3.8, 4) is 0 Å². The lowest BCUT2D eigenvalue weighted by Crippen LogP contribution is -2.18. The topological polar surface area (TPSA) is 40.5 Å². The molecule has 1 aromatic rings. The summed E-state index contributed by atoms with van der Waals surface area (Å²) in [6.45, 7) is 2.76. The van der Waals surface area contributed by atoms with Gasteiger partial charge >= 0.3 is 5.97 Å². The van der Waals surface area contributed by atoms with Crippen molar-refractivity contribution in [1.82, 2.24) is 0 Å². The lowest BCUT2D eigenvalue weighted by atomic mass is 10.1. The molecule has 4 heteroatoms. The predicted octanol–water partition coefficient (Wildman–Crippen LogP) is 2.60. The van der Waals surface area contributed by atoms with E-state index in [2.05, 4.69) is 15.9 Å². The van der Waals surface area contributed by atoms with Gasteiger partial charge in [0.2, 0.25) is 0 Å². The number of benzene rings is 1. The Labute approximate surface area is 91.5 Å². The van der Waals surface area contributed by atoms with Crippen LogP contribution in [0.2, 0.25) is 0 Å². The largest absolute Gasteiger partial charge is 0.478 e. The molecule has 0 unspecified atom stereocenters. The lowest BCUT2D eigenvalue weighted by molar-refractivity contribution is 0.0697. The molecule has 1 rings (SSSR count). The summed E-state index contributed by atoms with van der Waals surface area (Å²) in [6.07, 6.45) is 0. The first-order chi connectivity index (χ1) is 6.56. The Morgan fingerprint density at radius 1 is 1.57 bits per heavy atom. The van der Waals surface area contributed by atoms with Crippen molar-refractivity contribution < 1.29 is 9.90 Å². The minimum absolute atomic E-state index is 0.323. The van der Waals surface area contributed by atoms with Gasteiger partial charge in [-0.3, -0.25) is 0 Å². The first-order valence-corrected chi connectivity index (χ1v) is 5.09. The van der Waals surface area contributed by atoms with Crippen LogP contribution in [0.1, 0.15) is 17.3 Å². The molecule has 1 aromatic carbocycles. The molecule has 0 saturated carbocycles. The van der Waals surface area contributed by atoms with Gasteiger partial charge in [-0.1, -0.05) is 15.9 Å². The molecule has 3 nitrogen and oxygen atoms in total. The van der Waals surface area contributed by atoms with Crippen LogP contribution >= 0.6 is 15.9 Å². The maximum Gasteiger partial charge on any atom is 0.337 e. The molecule has 0 heterocycles. The average Bonchev–Trinajstić information content (AvgIpc) is 2.16. The number of halogens is 1. The zero-order valence-electron chi connectivity index (χ0n) is 8.12.